The van der Waals surface area contributed by atoms with Crippen LogP contribution in [0.25, 0.3) is 0 Å². The Kier molecular flexibility index (Phi) is 11.0. The molecule has 0 spiro atoms. The number of amides is 1. The zero-order valence-electron chi connectivity index (χ0n) is 19.6. The first-order chi connectivity index (χ1) is 15.8. The van der Waals surface area contributed by atoms with E-state index in [1.54, 1.807) is 31.2 Å². The Bertz CT molecular complexity index is 793. The van der Waals surface area contributed by atoms with Gasteiger partial charge in [0, 0.05) is 17.5 Å². The molecule has 2 atom stereocenters. The Morgan fingerprint density at radius 1 is 1.18 bits per heavy atom. The van der Waals surface area contributed by atoms with E-state index in [1.165, 1.54) is 0 Å². The SMILES string of the molecule is CCC[C@H](CC1(C(=O)N[C@H](CCOc2cccc(Cl)c2)CC(=O)OCC)CCCC1)C(=O)O. The number of halogens is 1. The molecule has 0 saturated heterocycles. The Labute approximate surface area is 201 Å². The van der Waals surface area contributed by atoms with Gasteiger partial charge < -0.3 is 19.9 Å². The van der Waals surface area contributed by atoms with Gasteiger partial charge in [-0.25, -0.2) is 0 Å². The number of carboxylic acid groups (broad SMARTS) is 1. The summed E-state index contributed by atoms with van der Waals surface area (Å²) in [5.41, 5.74) is -0.709. The molecule has 0 aliphatic heterocycles. The van der Waals surface area contributed by atoms with Crippen molar-refractivity contribution in [2.75, 3.05) is 13.2 Å². The third kappa shape index (κ3) is 8.54. The van der Waals surface area contributed by atoms with E-state index in [9.17, 15) is 19.5 Å². The summed E-state index contributed by atoms with van der Waals surface area (Å²) in [5, 5.41) is 13.2. The van der Waals surface area contributed by atoms with E-state index >= 15 is 0 Å². The summed E-state index contributed by atoms with van der Waals surface area (Å²) in [4.78, 5) is 37.4. The summed E-state index contributed by atoms with van der Waals surface area (Å²) >= 11 is 5.99. The Hall–Kier alpha value is -2.28. The number of ether oxygens (including phenoxy) is 2. The van der Waals surface area contributed by atoms with Crippen molar-refractivity contribution in [1.29, 1.82) is 0 Å². The second-order valence-electron chi connectivity index (χ2n) is 8.79. The van der Waals surface area contributed by atoms with Crippen LogP contribution in [0.4, 0.5) is 0 Å². The first-order valence-electron chi connectivity index (χ1n) is 11.9. The van der Waals surface area contributed by atoms with Gasteiger partial charge in [0.15, 0.2) is 0 Å². The van der Waals surface area contributed by atoms with Gasteiger partial charge in [0.1, 0.15) is 5.75 Å². The number of carbonyl (C=O) groups is 3. The number of hydrogen-bond acceptors (Lipinski definition) is 5. The third-order valence-electron chi connectivity index (χ3n) is 6.25. The van der Waals surface area contributed by atoms with Gasteiger partial charge in [-0.2, -0.15) is 0 Å². The Balaban J connectivity index is 2.08. The molecule has 1 fully saturated rings. The molecule has 1 aromatic rings. The van der Waals surface area contributed by atoms with Crippen LogP contribution < -0.4 is 10.1 Å². The van der Waals surface area contributed by atoms with Crippen molar-refractivity contribution in [3.63, 3.8) is 0 Å². The maximum absolute atomic E-state index is 13.4. The highest BCUT2D eigenvalue weighted by molar-refractivity contribution is 6.30. The molecule has 0 unspecified atom stereocenters. The van der Waals surface area contributed by atoms with Gasteiger partial charge in [0.2, 0.25) is 5.91 Å². The van der Waals surface area contributed by atoms with Gasteiger partial charge >= 0.3 is 11.9 Å². The summed E-state index contributed by atoms with van der Waals surface area (Å²) in [7, 11) is 0. The van der Waals surface area contributed by atoms with Crippen molar-refractivity contribution in [2.24, 2.45) is 11.3 Å². The molecular formula is C25H36ClNO6. The highest BCUT2D eigenvalue weighted by Crippen LogP contribution is 2.44. The van der Waals surface area contributed by atoms with E-state index in [1.807, 2.05) is 6.92 Å². The van der Waals surface area contributed by atoms with Crippen LogP contribution >= 0.6 is 11.6 Å². The van der Waals surface area contributed by atoms with Gasteiger partial charge in [0.25, 0.3) is 0 Å². The number of aliphatic carboxylic acids is 1. The van der Waals surface area contributed by atoms with Crippen LogP contribution in [0.3, 0.4) is 0 Å². The van der Waals surface area contributed by atoms with Gasteiger partial charge in [-0.3, -0.25) is 14.4 Å². The molecule has 1 aliphatic carbocycles. The standard InChI is InChI=1S/C25H36ClNO6/c1-3-8-18(23(29)30)17-25(12-5-6-13-25)24(31)27-20(16-22(28)32-4-2)11-14-33-21-10-7-9-19(26)15-21/h7,9-10,15,18,20H,3-6,8,11-14,16-17H2,1-2H3,(H,27,31)(H,29,30)/t18-,20-/m1/s1. The minimum absolute atomic E-state index is 0.0336. The molecule has 1 saturated carbocycles. The lowest BCUT2D eigenvalue weighted by Gasteiger charge is -2.32. The molecular weight excluding hydrogens is 446 g/mol. The van der Waals surface area contributed by atoms with Gasteiger partial charge in [-0.1, -0.05) is 43.9 Å². The normalized spacial score (nSPS) is 16.6. The highest BCUT2D eigenvalue weighted by atomic mass is 35.5. The van der Waals surface area contributed by atoms with E-state index in [2.05, 4.69) is 5.32 Å². The fraction of sp³-hybridized carbons (Fsp3) is 0.640. The molecule has 7 nitrogen and oxygen atoms in total. The van der Waals surface area contributed by atoms with Gasteiger partial charge in [-0.05, 0) is 50.8 Å². The van der Waals surface area contributed by atoms with Crippen molar-refractivity contribution < 1.29 is 29.0 Å². The van der Waals surface area contributed by atoms with E-state index in [-0.39, 0.29) is 31.5 Å². The molecule has 1 aromatic carbocycles. The van der Waals surface area contributed by atoms with Crippen molar-refractivity contribution in [3.05, 3.63) is 29.3 Å². The minimum atomic E-state index is -0.853. The summed E-state index contributed by atoms with van der Waals surface area (Å²) in [6, 6.07) is 6.56. The third-order valence-corrected chi connectivity index (χ3v) is 6.49. The fourth-order valence-corrected chi connectivity index (χ4v) is 4.75. The zero-order valence-corrected chi connectivity index (χ0v) is 20.4. The van der Waals surface area contributed by atoms with Crippen LogP contribution in [0.2, 0.25) is 5.02 Å². The number of nitrogens with one attached hydrogen (secondary N) is 1. The van der Waals surface area contributed by atoms with Crippen molar-refractivity contribution in [1.82, 2.24) is 5.32 Å². The molecule has 184 valence electrons. The Morgan fingerprint density at radius 2 is 1.91 bits per heavy atom. The molecule has 0 heterocycles. The second-order valence-corrected chi connectivity index (χ2v) is 9.23. The number of carbonyl (C=O) groups excluding carboxylic acids is 2. The van der Waals surface area contributed by atoms with E-state index in [0.29, 0.717) is 42.9 Å². The molecule has 0 bridgehead atoms. The number of carboxylic acids is 1. The van der Waals surface area contributed by atoms with Gasteiger partial charge in [-0.15, -0.1) is 0 Å². The summed E-state index contributed by atoms with van der Waals surface area (Å²) < 4.78 is 10.8. The summed E-state index contributed by atoms with van der Waals surface area (Å²) in [6.07, 6.45) is 5.18. The summed E-state index contributed by atoms with van der Waals surface area (Å²) in [6.45, 7) is 4.23. The molecule has 0 radical (unpaired) electrons. The number of esters is 1. The lowest BCUT2D eigenvalue weighted by atomic mass is 9.75. The van der Waals surface area contributed by atoms with Crippen molar-refractivity contribution >= 4 is 29.4 Å². The van der Waals surface area contributed by atoms with Crippen LogP contribution in [0.5, 0.6) is 5.75 Å². The lowest BCUT2D eigenvalue weighted by molar-refractivity contribution is -0.144. The molecule has 2 N–H and O–H groups in total. The van der Waals surface area contributed by atoms with Crippen molar-refractivity contribution in [3.8, 4) is 5.75 Å². The molecule has 33 heavy (non-hydrogen) atoms. The average Bonchev–Trinajstić information content (AvgIpc) is 3.23. The van der Waals surface area contributed by atoms with Crippen LogP contribution in [0, 0.1) is 11.3 Å². The average molecular weight is 482 g/mol. The number of benzene rings is 1. The molecule has 1 amide bonds. The summed E-state index contributed by atoms with van der Waals surface area (Å²) in [5.74, 6) is -1.35. The molecule has 1 aliphatic rings. The minimum Gasteiger partial charge on any atom is -0.493 e. The number of hydrogen-bond donors (Lipinski definition) is 2. The van der Waals surface area contributed by atoms with Crippen LogP contribution in [0.15, 0.2) is 24.3 Å². The first-order valence-corrected chi connectivity index (χ1v) is 12.2. The quantitative estimate of drug-likeness (QED) is 0.362. The number of rotatable bonds is 14. The Morgan fingerprint density at radius 3 is 2.52 bits per heavy atom. The maximum Gasteiger partial charge on any atom is 0.307 e. The van der Waals surface area contributed by atoms with E-state index in [0.717, 1.165) is 19.3 Å². The molecule has 8 heteroatoms. The largest absolute Gasteiger partial charge is 0.493 e. The second kappa shape index (κ2) is 13.4. The van der Waals surface area contributed by atoms with Crippen molar-refractivity contribution in [2.45, 2.75) is 77.7 Å². The smallest absolute Gasteiger partial charge is 0.307 e. The highest BCUT2D eigenvalue weighted by Gasteiger charge is 2.44. The topological polar surface area (TPSA) is 102 Å². The zero-order chi connectivity index (χ0) is 24.3. The van der Waals surface area contributed by atoms with E-state index in [4.69, 9.17) is 21.1 Å². The maximum atomic E-state index is 13.4. The fourth-order valence-electron chi connectivity index (χ4n) is 4.57. The molecule has 0 aromatic heterocycles. The predicted molar refractivity (Wildman–Crippen MR) is 126 cm³/mol. The first kappa shape index (κ1) is 27.0. The van der Waals surface area contributed by atoms with Gasteiger partial charge in [0.05, 0.1) is 31.0 Å². The van der Waals surface area contributed by atoms with E-state index < -0.39 is 23.3 Å². The predicted octanol–water partition coefficient (Wildman–Crippen LogP) is 5.00. The van der Waals surface area contributed by atoms with Crippen LogP contribution in [-0.4, -0.2) is 42.2 Å². The van der Waals surface area contributed by atoms with Crippen LogP contribution in [-0.2, 0) is 19.1 Å². The van der Waals surface area contributed by atoms with Crippen LogP contribution in [0.1, 0.15) is 71.6 Å². The molecule has 2 rings (SSSR count). The monoisotopic (exact) mass is 481 g/mol. The lowest BCUT2D eigenvalue weighted by Crippen LogP contribution is -2.47.